The molecule has 1 amide bonds. The van der Waals surface area contributed by atoms with Crippen molar-refractivity contribution in [1.82, 2.24) is 9.88 Å². The standard InChI is InChI=1S/C25H27FN4O/c1-16-7-8-21(26)20-14-22(29-23(16)20)24(31)28-18-6-4-5-17(13-18)25(15-27)11-9-19(10-12-25)30(2)3/h4-8,13-14,19,29H,9-12H2,1-3H3,(H,28,31). The molecule has 4 rings (SSSR count). The van der Waals surface area contributed by atoms with Crippen LogP contribution in [0.25, 0.3) is 10.9 Å². The number of halogens is 1. The first-order valence-electron chi connectivity index (χ1n) is 10.6. The molecule has 1 saturated carbocycles. The highest BCUT2D eigenvalue weighted by Gasteiger charge is 2.37. The van der Waals surface area contributed by atoms with E-state index in [0.717, 1.165) is 36.8 Å². The maximum Gasteiger partial charge on any atom is 0.272 e. The third-order valence-corrected chi connectivity index (χ3v) is 6.62. The van der Waals surface area contributed by atoms with E-state index in [1.807, 2.05) is 31.2 Å². The molecule has 0 unspecified atom stereocenters. The SMILES string of the molecule is Cc1ccc(F)c2cc(C(=O)Nc3cccc(C4(C#N)CCC(N(C)C)CC4)c3)[nH]c12. The normalized spacial score (nSPS) is 21.2. The quantitative estimate of drug-likeness (QED) is 0.617. The molecular formula is C25H27FN4O. The number of amides is 1. The van der Waals surface area contributed by atoms with Crippen LogP contribution in [0.1, 0.15) is 47.3 Å². The first-order valence-corrected chi connectivity index (χ1v) is 10.6. The molecule has 1 aliphatic carbocycles. The zero-order chi connectivity index (χ0) is 22.2. The minimum absolute atomic E-state index is 0.301. The summed E-state index contributed by atoms with van der Waals surface area (Å²) in [4.78, 5) is 18.1. The molecule has 1 fully saturated rings. The van der Waals surface area contributed by atoms with Gasteiger partial charge in [0.15, 0.2) is 0 Å². The summed E-state index contributed by atoms with van der Waals surface area (Å²) in [6.07, 6.45) is 3.53. The lowest BCUT2D eigenvalue weighted by Gasteiger charge is -2.38. The molecule has 1 aliphatic rings. The summed E-state index contributed by atoms with van der Waals surface area (Å²) in [7, 11) is 4.16. The minimum atomic E-state index is -0.533. The summed E-state index contributed by atoms with van der Waals surface area (Å²) in [5.74, 6) is -0.698. The number of fused-ring (bicyclic) bond motifs is 1. The summed E-state index contributed by atoms with van der Waals surface area (Å²) >= 11 is 0. The van der Waals surface area contributed by atoms with E-state index in [9.17, 15) is 14.4 Å². The number of carbonyl (C=O) groups is 1. The Morgan fingerprint density at radius 1 is 1.23 bits per heavy atom. The fraction of sp³-hybridized carbons (Fsp3) is 0.360. The Morgan fingerprint density at radius 2 is 1.97 bits per heavy atom. The number of aromatic amines is 1. The predicted octanol–water partition coefficient (Wildman–Crippen LogP) is 5.13. The molecular weight excluding hydrogens is 391 g/mol. The van der Waals surface area contributed by atoms with E-state index in [1.165, 1.54) is 12.1 Å². The number of hydrogen-bond donors (Lipinski definition) is 2. The van der Waals surface area contributed by atoms with E-state index < -0.39 is 5.41 Å². The van der Waals surface area contributed by atoms with Crippen molar-refractivity contribution in [2.45, 2.75) is 44.1 Å². The van der Waals surface area contributed by atoms with E-state index in [4.69, 9.17) is 0 Å². The van der Waals surface area contributed by atoms with Crippen molar-refractivity contribution >= 4 is 22.5 Å². The van der Waals surface area contributed by atoms with Gasteiger partial charge in [-0.3, -0.25) is 4.79 Å². The first-order chi connectivity index (χ1) is 14.8. The van der Waals surface area contributed by atoms with Gasteiger partial charge < -0.3 is 15.2 Å². The van der Waals surface area contributed by atoms with Gasteiger partial charge in [0, 0.05) is 17.1 Å². The van der Waals surface area contributed by atoms with Gasteiger partial charge in [0.05, 0.1) is 17.0 Å². The molecule has 3 aromatic rings. The van der Waals surface area contributed by atoms with Crippen molar-refractivity contribution in [3.63, 3.8) is 0 Å². The van der Waals surface area contributed by atoms with Gasteiger partial charge in [0.2, 0.25) is 0 Å². The molecule has 2 N–H and O–H groups in total. The van der Waals surface area contributed by atoms with Crippen molar-refractivity contribution in [1.29, 1.82) is 5.26 Å². The lowest BCUT2D eigenvalue weighted by atomic mass is 9.69. The van der Waals surface area contributed by atoms with Crippen molar-refractivity contribution in [3.8, 4) is 6.07 Å². The highest BCUT2D eigenvalue weighted by atomic mass is 19.1. The number of anilines is 1. The second-order valence-corrected chi connectivity index (χ2v) is 8.76. The van der Waals surface area contributed by atoms with Crippen LogP contribution in [0.5, 0.6) is 0 Å². The van der Waals surface area contributed by atoms with Crippen molar-refractivity contribution in [3.05, 3.63) is 65.1 Å². The van der Waals surface area contributed by atoms with Gasteiger partial charge >= 0.3 is 0 Å². The Labute approximate surface area is 181 Å². The van der Waals surface area contributed by atoms with Gasteiger partial charge in [0.25, 0.3) is 5.91 Å². The minimum Gasteiger partial charge on any atom is -0.350 e. The van der Waals surface area contributed by atoms with Crippen LogP contribution < -0.4 is 5.32 Å². The zero-order valence-corrected chi connectivity index (χ0v) is 18.1. The van der Waals surface area contributed by atoms with Crippen LogP contribution in [0.4, 0.5) is 10.1 Å². The molecule has 2 aromatic carbocycles. The lowest BCUT2D eigenvalue weighted by molar-refractivity contribution is 0.102. The van der Waals surface area contributed by atoms with Crippen LogP contribution in [0.3, 0.4) is 0 Å². The fourth-order valence-electron chi connectivity index (χ4n) is 4.62. The number of nitrogens with zero attached hydrogens (tertiary/aromatic N) is 2. The largest absolute Gasteiger partial charge is 0.350 e. The van der Waals surface area contributed by atoms with Gasteiger partial charge in [-0.25, -0.2) is 4.39 Å². The van der Waals surface area contributed by atoms with Crippen LogP contribution in [0.15, 0.2) is 42.5 Å². The Morgan fingerprint density at radius 3 is 2.61 bits per heavy atom. The van der Waals surface area contributed by atoms with Crippen LogP contribution in [-0.2, 0) is 5.41 Å². The molecule has 160 valence electrons. The van der Waals surface area contributed by atoms with Gasteiger partial charge in [-0.15, -0.1) is 0 Å². The number of benzene rings is 2. The molecule has 6 heteroatoms. The van der Waals surface area contributed by atoms with E-state index in [0.29, 0.717) is 28.3 Å². The molecule has 1 aromatic heterocycles. The average molecular weight is 419 g/mol. The Hall–Kier alpha value is -3.17. The lowest BCUT2D eigenvalue weighted by Crippen LogP contribution is -2.38. The van der Waals surface area contributed by atoms with Gasteiger partial charge in [-0.05, 0) is 82.1 Å². The molecule has 0 radical (unpaired) electrons. The van der Waals surface area contributed by atoms with Gasteiger partial charge in [-0.1, -0.05) is 18.2 Å². The van der Waals surface area contributed by atoms with Gasteiger partial charge in [-0.2, -0.15) is 5.26 Å². The summed E-state index contributed by atoms with van der Waals surface area (Å²) in [5.41, 5.74) is 2.83. The van der Waals surface area contributed by atoms with E-state index in [-0.39, 0.29) is 11.7 Å². The molecule has 0 atom stereocenters. The van der Waals surface area contributed by atoms with E-state index in [1.54, 1.807) is 6.07 Å². The molecule has 0 spiro atoms. The number of rotatable bonds is 4. The summed E-state index contributed by atoms with van der Waals surface area (Å²) in [6, 6.07) is 15.2. The summed E-state index contributed by atoms with van der Waals surface area (Å²) in [6.45, 7) is 1.87. The number of carbonyl (C=O) groups excluding carboxylic acids is 1. The topological polar surface area (TPSA) is 71.9 Å². The van der Waals surface area contributed by atoms with Crippen LogP contribution in [0, 0.1) is 24.1 Å². The number of hydrogen-bond acceptors (Lipinski definition) is 3. The molecule has 0 saturated heterocycles. The second kappa shape index (κ2) is 8.16. The molecule has 31 heavy (non-hydrogen) atoms. The van der Waals surface area contributed by atoms with Crippen LogP contribution >= 0.6 is 0 Å². The smallest absolute Gasteiger partial charge is 0.272 e. The number of H-pyrrole nitrogens is 1. The third kappa shape index (κ3) is 3.94. The van der Waals surface area contributed by atoms with E-state index >= 15 is 0 Å². The third-order valence-electron chi connectivity index (χ3n) is 6.62. The highest BCUT2D eigenvalue weighted by Crippen LogP contribution is 2.40. The summed E-state index contributed by atoms with van der Waals surface area (Å²) in [5, 5.41) is 13.3. The van der Waals surface area contributed by atoms with Crippen LogP contribution in [0.2, 0.25) is 0 Å². The molecule has 5 nitrogen and oxygen atoms in total. The fourth-order valence-corrected chi connectivity index (χ4v) is 4.62. The van der Waals surface area contributed by atoms with Crippen LogP contribution in [-0.4, -0.2) is 35.9 Å². The first kappa shape index (κ1) is 21.1. The monoisotopic (exact) mass is 418 g/mol. The number of nitrogens with one attached hydrogen (secondary N) is 2. The predicted molar refractivity (Wildman–Crippen MR) is 121 cm³/mol. The molecule has 0 bridgehead atoms. The number of nitriles is 1. The molecule has 1 heterocycles. The Kier molecular flexibility index (Phi) is 5.55. The highest BCUT2D eigenvalue weighted by molar-refractivity contribution is 6.06. The zero-order valence-electron chi connectivity index (χ0n) is 18.1. The van der Waals surface area contributed by atoms with Crippen molar-refractivity contribution < 1.29 is 9.18 Å². The number of aromatic nitrogens is 1. The average Bonchev–Trinajstić information content (AvgIpc) is 3.24. The maximum absolute atomic E-state index is 14.1. The van der Waals surface area contributed by atoms with Crippen molar-refractivity contribution in [2.24, 2.45) is 0 Å². The number of aryl methyl sites for hydroxylation is 1. The van der Waals surface area contributed by atoms with Crippen molar-refractivity contribution in [2.75, 3.05) is 19.4 Å². The van der Waals surface area contributed by atoms with Gasteiger partial charge in [0.1, 0.15) is 11.5 Å². The van der Waals surface area contributed by atoms with E-state index in [2.05, 4.69) is 35.4 Å². The Bertz CT molecular complexity index is 1130. The summed E-state index contributed by atoms with van der Waals surface area (Å²) < 4.78 is 14.1. The Balaban J connectivity index is 1.56. The maximum atomic E-state index is 14.1. The second-order valence-electron chi connectivity index (χ2n) is 8.76. The molecule has 0 aliphatic heterocycles.